The summed E-state index contributed by atoms with van der Waals surface area (Å²) in [5.41, 5.74) is 1.71. The summed E-state index contributed by atoms with van der Waals surface area (Å²) in [6.45, 7) is 4.67. The van der Waals surface area contributed by atoms with Crippen LogP contribution in [-0.4, -0.2) is 58.4 Å². The summed E-state index contributed by atoms with van der Waals surface area (Å²) in [5.74, 6) is -0.101. The molecule has 22 heavy (non-hydrogen) atoms. The summed E-state index contributed by atoms with van der Waals surface area (Å²) >= 11 is 0. The van der Waals surface area contributed by atoms with Gasteiger partial charge in [0.05, 0.1) is 33.0 Å². The van der Waals surface area contributed by atoms with Gasteiger partial charge in [-0.1, -0.05) is 17.7 Å². The summed E-state index contributed by atoms with van der Waals surface area (Å²) in [5, 5.41) is 2.79. The molecule has 0 unspecified atom stereocenters. The first kappa shape index (κ1) is 18.3. The number of carbonyl (C=O) groups excluding carboxylic acids is 2. The van der Waals surface area contributed by atoms with Gasteiger partial charge in [-0.15, -0.1) is 0 Å². The van der Waals surface area contributed by atoms with Crippen LogP contribution in [0, 0.1) is 6.92 Å². The average Bonchev–Trinajstić information content (AvgIpc) is 2.52. The number of hydrogen-bond acceptors (Lipinski definition) is 5. The van der Waals surface area contributed by atoms with Gasteiger partial charge in [0.25, 0.3) is 5.91 Å². The van der Waals surface area contributed by atoms with Crippen LogP contribution in [0.5, 0.6) is 0 Å². The fourth-order valence-electron chi connectivity index (χ4n) is 1.70. The van der Waals surface area contributed by atoms with Crippen LogP contribution in [0.15, 0.2) is 24.3 Å². The van der Waals surface area contributed by atoms with E-state index in [1.165, 1.54) is 0 Å². The van der Waals surface area contributed by atoms with Gasteiger partial charge in [0, 0.05) is 12.1 Å². The number of aryl methyl sites for hydroxylation is 1. The molecule has 0 saturated carbocycles. The lowest BCUT2D eigenvalue weighted by molar-refractivity contribution is -0.112. The molecular weight excluding hydrogens is 286 g/mol. The first-order valence-corrected chi connectivity index (χ1v) is 7.26. The summed E-state index contributed by atoms with van der Waals surface area (Å²) < 4.78 is 15.5. The molecule has 0 aliphatic carbocycles. The number of amides is 1. The van der Waals surface area contributed by atoms with Crippen molar-refractivity contribution in [1.82, 2.24) is 5.32 Å². The van der Waals surface area contributed by atoms with Crippen LogP contribution >= 0.6 is 0 Å². The second-order valence-corrected chi connectivity index (χ2v) is 4.59. The molecule has 1 N–H and O–H groups in total. The van der Waals surface area contributed by atoms with Gasteiger partial charge in [-0.2, -0.15) is 0 Å². The third-order valence-corrected chi connectivity index (χ3v) is 2.74. The van der Waals surface area contributed by atoms with Crippen molar-refractivity contribution in [3.63, 3.8) is 0 Å². The maximum atomic E-state index is 11.8. The van der Waals surface area contributed by atoms with E-state index in [9.17, 15) is 9.59 Å². The van der Waals surface area contributed by atoms with Crippen LogP contribution in [0.2, 0.25) is 0 Å². The molecular formula is C16H23NO5. The highest BCUT2D eigenvalue weighted by Crippen LogP contribution is 2.03. The fourth-order valence-corrected chi connectivity index (χ4v) is 1.70. The molecule has 0 saturated heterocycles. The lowest BCUT2D eigenvalue weighted by atomic mass is 10.1. The number of ether oxygens (including phenoxy) is 3. The second kappa shape index (κ2) is 11.9. The summed E-state index contributed by atoms with van der Waals surface area (Å²) in [7, 11) is 0. The summed E-state index contributed by atoms with van der Waals surface area (Å²) in [6, 6.07) is 7.43. The Morgan fingerprint density at radius 1 is 1.09 bits per heavy atom. The quantitative estimate of drug-likeness (QED) is 0.460. The third-order valence-electron chi connectivity index (χ3n) is 2.74. The van der Waals surface area contributed by atoms with Gasteiger partial charge < -0.3 is 24.3 Å². The monoisotopic (exact) mass is 309 g/mol. The Balaban J connectivity index is 1.95. The Morgan fingerprint density at radius 2 is 1.77 bits per heavy atom. The molecule has 0 atom stereocenters. The van der Waals surface area contributed by atoms with Crippen LogP contribution in [0.1, 0.15) is 15.9 Å². The molecule has 6 nitrogen and oxygen atoms in total. The minimum absolute atomic E-state index is 0.0977. The van der Waals surface area contributed by atoms with E-state index in [4.69, 9.17) is 14.2 Å². The Bertz CT molecular complexity index is 450. The Labute approximate surface area is 130 Å². The molecule has 0 spiro atoms. The van der Waals surface area contributed by atoms with E-state index in [0.29, 0.717) is 51.4 Å². The number of carbonyl (C=O) groups is 2. The topological polar surface area (TPSA) is 73.9 Å². The van der Waals surface area contributed by atoms with E-state index in [0.717, 1.165) is 5.56 Å². The molecule has 0 fully saturated rings. The molecule has 0 aromatic heterocycles. The van der Waals surface area contributed by atoms with Gasteiger partial charge >= 0.3 is 0 Å². The van der Waals surface area contributed by atoms with Crippen LogP contribution in [0.3, 0.4) is 0 Å². The van der Waals surface area contributed by atoms with Crippen molar-refractivity contribution in [2.45, 2.75) is 6.92 Å². The lowest BCUT2D eigenvalue weighted by Gasteiger charge is -2.07. The van der Waals surface area contributed by atoms with E-state index in [1.54, 1.807) is 6.07 Å². The maximum Gasteiger partial charge on any atom is 0.251 e. The normalized spacial score (nSPS) is 10.4. The average molecular weight is 309 g/mol. The molecule has 0 aliphatic rings. The first-order chi connectivity index (χ1) is 10.7. The molecule has 122 valence electrons. The number of benzene rings is 1. The Kier molecular flexibility index (Phi) is 9.85. The Hall–Kier alpha value is -1.76. The van der Waals surface area contributed by atoms with E-state index in [2.05, 4.69) is 5.32 Å². The van der Waals surface area contributed by atoms with E-state index in [1.807, 2.05) is 25.1 Å². The van der Waals surface area contributed by atoms with Crippen molar-refractivity contribution in [2.75, 3.05) is 46.2 Å². The number of hydrogen-bond donors (Lipinski definition) is 1. The largest absolute Gasteiger partial charge is 0.377 e. The highest BCUT2D eigenvalue weighted by Gasteiger charge is 2.03. The standard InChI is InChI=1S/C16H23NO5/c1-14-3-2-4-15(13-14)16(19)17-5-7-20-9-11-22-12-10-21-8-6-18/h2-4,6,13H,5,7-12H2,1H3,(H,17,19). The predicted molar refractivity (Wildman–Crippen MR) is 82.0 cm³/mol. The van der Waals surface area contributed by atoms with Crippen molar-refractivity contribution in [2.24, 2.45) is 0 Å². The predicted octanol–water partition coefficient (Wildman–Crippen LogP) is 0.974. The fraction of sp³-hybridized carbons (Fsp3) is 0.500. The summed E-state index contributed by atoms with van der Waals surface area (Å²) in [4.78, 5) is 21.8. The molecule has 1 aromatic carbocycles. The minimum atomic E-state index is -0.101. The van der Waals surface area contributed by atoms with Crippen molar-refractivity contribution in [3.05, 3.63) is 35.4 Å². The highest BCUT2D eigenvalue weighted by atomic mass is 16.5. The number of nitrogens with one attached hydrogen (secondary N) is 1. The van der Waals surface area contributed by atoms with Gasteiger partial charge in [0.15, 0.2) is 0 Å². The molecule has 1 rings (SSSR count). The van der Waals surface area contributed by atoms with Gasteiger partial charge in [-0.25, -0.2) is 0 Å². The zero-order valence-corrected chi connectivity index (χ0v) is 12.9. The van der Waals surface area contributed by atoms with Crippen molar-refractivity contribution >= 4 is 12.2 Å². The zero-order chi connectivity index (χ0) is 16.0. The lowest BCUT2D eigenvalue weighted by Crippen LogP contribution is -2.27. The number of rotatable bonds is 12. The van der Waals surface area contributed by atoms with Gasteiger partial charge in [0.1, 0.15) is 12.9 Å². The number of aldehydes is 1. The zero-order valence-electron chi connectivity index (χ0n) is 12.9. The smallest absolute Gasteiger partial charge is 0.251 e. The summed E-state index contributed by atoms with van der Waals surface area (Å²) in [6.07, 6.45) is 0.703. The molecule has 0 radical (unpaired) electrons. The molecule has 0 bridgehead atoms. The van der Waals surface area contributed by atoms with Crippen LogP contribution < -0.4 is 5.32 Å². The third kappa shape index (κ3) is 8.51. The first-order valence-electron chi connectivity index (χ1n) is 7.26. The second-order valence-electron chi connectivity index (χ2n) is 4.59. The highest BCUT2D eigenvalue weighted by molar-refractivity contribution is 5.94. The molecule has 1 aromatic rings. The molecule has 0 heterocycles. The van der Waals surface area contributed by atoms with Gasteiger partial charge in [-0.3, -0.25) is 4.79 Å². The van der Waals surface area contributed by atoms with E-state index < -0.39 is 0 Å². The van der Waals surface area contributed by atoms with Crippen molar-refractivity contribution in [3.8, 4) is 0 Å². The van der Waals surface area contributed by atoms with Crippen LogP contribution in [0.4, 0.5) is 0 Å². The molecule has 0 aliphatic heterocycles. The van der Waals surface area contributed by atoms with Crippen LogP contribution in [-0.2, 0) is 19.0 Å². The minimum Gasteiger partial charge on any atom is -0.377 e. The van der Waals surface area contributed by atoms with Crippen molar-refractivity contribution in [1.29, 1.82) is 0 Å². The molecule has 6 heteroatoms. The Morgan fingerprint density at radius 3 is 2.45 bits per heavy atom. The molecule has 1 amide bonds. The van der Waals surface area contributed by atoms with Gasteiger partial charge in [0.2, 0.25) is 0 Å². The van der Waals surface area contributed by atoms with E-state index in [-0.39, 0.29) is 12.5 Å². The van der Waals surface area contributed by atoms with Gasteiger partial charge in [-0.05, 0) is 19.1 Å². The van der Waals surface area contributed by atoms with E-state index >= 15 is 0 Å². The maximum absolute atomic E-state index is 11.8. The SMILES string of the molecule is Cc1cccc(C(=O)NCCOCCOCCOCC=O)c1. The van der Waals surface area contributed by atoms with Crippen LogP contribution in [0.25, 0.3) is 0 Å². The van der Waals surface area contributed by atoms with Crippen molar-refractivity contribution < 1.29 is 23.8 Å².